The molecule has 3 saturated carbocycles. The van der Waals surface area contributed by atoms with E-state index in [-0.39, 0.29) is 47.3 Å². The number of nitrogens with zero attached hydrogens (tertiary/aromatic N) is 5. The Balaban J connectivity index is 0.00000250. The second kappa shape index (κ2) is 15.2. The van der Waals surface area contributed by atoms with Gasteiger partial charge in [-0.1, -0.05) is 25.5 Å². The molecule has 9 heteroatoms. The molecular weight excluding hydrogens is 629 g/mol. The number of Topliss-reactive ketones (excluding diaryl/α,β-unsaturated/α-hetero) is 1. The van der Waals surface area contributed by atoms with Gasteiger partial charge in [-0.25, -0.2) is 4.98 Å². The molecule has 1 saturated heterocycles. The van der Waals surface area contributed by atoms with Crippen molar-refractivity contribution in [3.8, 4) is 0 Å². The van der Waals surface area contributed by atoms with Crippen LogP contribution in [0.5, 0.6) is 0 Å². The fraction of sp³-hybridized carbons (Fsp3) is 0.711. The highest BCUT2D eigenvalue weighted by molar-refractivity contribution is 6.01. The highest BCUT2D eigenvalue weighted by Crippen LogP contribution is 2.66. The van der Waals surface area contributed by atoms with Crippen LogP contribution in [0.15, 0.2) is 35.9 Å². The van der Waals surface area contributed by atoms with E-state index in [1.165, 1.54) is 30.5 Å². The van der Waals surface area contributed by atoms with Crippen molar-refractivity contribution in [1.29, 1.82) is 0 Å². The first-order valence-corrected chi connectivity index (χ1v) is 18.1. The van der Waals surface area contributed by atoms with Gasteiger partial charge in [0.2, 0.25) is 0 Å². The maximum Gasteiger partial charge on any atom is 0.178 e. The Morgan fingerprint density at radius 3 is 2.23 bits per heavy atom. The molecule has 47 heavy (non-hydrogen) atoms. The lowest BCUT2D eigenvalue weighted by atomic mass is 9.47. The van der Waals surface area contributed by atoms with Crippen molar-refractivity contribution in [2.45, 2.75) is 80.1 Å². The van der Waals surface area contributed by atoms with Gasteiger partial charge in [0.05, 0.1) is 12.2 Å². The van der Waals surface area contributed by atoms with Crippen molar-refractivity contribution in [3.05, 3.63) is 35.9 Å². The van der Waals surface area contributed by atoms with Crippen LogP contribution in [0.2, 0.25) is 0 Å². The minimum atomic E-state index is 0. The Hall–Kier alpha value is -2.09. The Morgan fingerprint density at radius 2 is 1.57 bits per heavy atom. The van der Waals surface area contributed by atoms with E-state index in [4.69, 9.17) is 4.98 Å². The van der Waals surface area contributed by atoms with Gasteiger partial charge in [-0.05, 0) is 114 Å². The number of ketones is 2. The minimum absolute atomic E-state index is 0. The number of hydrogen-bond donors (Lipinski definition) is 0. The summed E-state index contributed by atoms with van der Waals surface area (Å²) in [7, 11) is 0. The average molecular weight is 689 g/mol. The zero-order chi connectivity index (χ0) is 31.9. The van der Waals surface area contributed by atoms with E-state index in [0.717, 1.165) is 83.3 Å². The first-order chi connectivity index (χ1) is 21.7. The fourth-order valence-electron chi connectivity index (χ4n) is 10.4. The lowest BCUT2D eigenvalue weighted by Crippen LogP contribution is -2.52. The summed E-state index contributed by atoms with van der Waals surface area (Å²) in [6.45, 7) is 21.7. The monoisotopic (exact) mass is 687 g/mol. The van der Waals surface area contributed by atoms with Gasteiger partial charge in [0.1, 0.15) is 11.6 Å². The molecule has 5 aliphatic rings. The third kappa shape index (κ3) is 6.75. The molecule has 6 atom stereocenters. The first-order valence-electron chi connectivity index (χ1n) is 18.1. The van der Waals surface area contributed by atoms with Crippen molar-refractivity contribution in [2.75, 3.05) is 73.6 Å². The van der Waals surface area contributed by atoms with Gasteiger partial charge < -0.3 is 14.7 Å². The Bertz CT molecular complexity index is 1340. The average Bonchev–Trinajstić information content (AvgIpc) is 3.41. The number of fused-ring (bicyclic) bond motifs is 5. The number of carbonyl (C=O) groups excluding carboxylic acids is 2. The van der Waals surface area contributed by atoms with Crippen molar-refractivity contribution in [2.24, 2.45) is 34.5 Å². The summed E-state index contributed by atoms with van der Waals surface area (Å²) < 4.78 is 0. The molecule has 0 spiro atoms. The van der Waals surface area contributed by atoms with Crippen LogP contribution in [-0.4, -0.2) is 80.4 Å². The van der Waals surface area contributed by atoms with Crippen LogP contribution in [-0.2, 0) is 9.59 Å². The minimum Gasteiger partial charge on any atom is -0.369 e. The molecule has 262 valence electrons. The zero-order valence-corrected chi connectivity index (χ0v) is 31.3. The smallest absolute Gasteiger partial charge is 0.178 e. The number of allylic oxidation sites excluding steroid dienone is 4. The van der Waals surface area contributed by atoms with E-state index in [0.29, 0.717) is 30.1 Å². The molecule has 0 N–H and O–H groups in total. The summed E-state index contributed by atoms with van der Waals surface area (Å²) in [5.74, 6) is 4.83. The third-order valence-corrected chi connectivity index (χ3v) is 13.0. The van der Waals surface area contributed by atoms with Crippen molar-refractivity contribution < 1.29 is 9.59 Å². The SMILES string of the molecule is CCN(CC)c1ccc(N2CCN(CC(=O)[C@H]3CC[C@H]4[C@@H]5CCC6=CC(=O)C=C[C@]6(C)[C@H]5CC[C@]34C)CC2)nc1N(CC)CC.Cl.Cl. The van der Waals surface area contributed by atoms with Gasteiger partial charge in [0, 0.05) is 63.7 Å². The Morgan fingerprint density at radius 1 is 0.894 bits per heavy atom. The summed E-state index contributed by atoms with van der Waals surface area (Å²) in [4.78, 5) is 40.9. The third-order valence-electron chi connectivity index (χ3n) is 13.0. The Labute approximate surface area is 296 Å². The maximum absolute atomic E-state index is 14.0. The lowest BCUT2D eigenvalue weighted by Gasteiger charge is -2.57. The van der Waals surface area contributed by atoms with E-state index in [2.05, 4.69) is 79.4 Å². The quantitative estimate of drug-likeness (QED) is 0.257. The highest BCUT2D eigenvalue weighted by atomic mass is 35.5. The molecule has 0 amide bonds. The van der Waals surface area contributed by atoms with Gasteiger partial charge in [-0.2, -0.15) is 0 Å². The van der Waals surface area contributed by atoms with Crippen LogP contribution in [0.1, 0.15) is 80.1 Å². The molecule has 1 aromatic rings. The van der Waals surface area contributed by atoms with Gasteiger partial charge >= 0.3 is 0 Å². The second-order valence-electron chi connectivity index (χ2n) is 14.9. The van der Waals surface area contributed by atoms with E-state index in [1.54, 1.807) is 0 Å². The zero-order valence-electron chi connectivity index (χ0n) is 29.7. The predicted octanol–water partition coefficient (Wildman–Crippen LogP) is 7.23. The normalized spacial score (nSPS) is 31.5. The summed E-state index contributed by atoms with van der Waals surface area (Å²) in [5.41, 5.74) is 2.71. The standard InChI is InChI=1S/C38H57N5O2.2ClH/c1-7-41(8-2)33-15-16-35(39-36(33)42(9-3)10-4)43-23-21-40(22-24-43)26-34(45)32-14-13-30-29-12-11-27-25-28(44)17-19-37(27,5)31(29)18-20-38(30,32)6;;/h15-17,19,25,29-32H,7-14,18,20-24,26H2,1-6H3;2*1H/t29-,30-,31-,32+,37-,38-;;/m0../s1. The van der Waals surface area contributed by atoms with E-state index < -0.39 is 0 Å². The van der Waals surface area contributed by atoms with Crippen LogP contribution in [0.25, 0.3) is 0 Å². The van der Waals surface area contributed by atoms with E-state index in [1.807, 2.05) is 12.2 Å². The number of pyridine rings is 1. The summed E-state index contributed by atoms with van der Waals surface area (Å²) in [6, 6.07) is 4.46. The van der Waals surface area contributed by atoms with Crippen molar-refractivity contribution in [1.82, 2.24) is 9.88 Å². The molecule has 0 unspecified atom stereocenters. The molecule has 1 aliphatic heterocycles. The molecule has 2 heterocycles. The number of carbonyl (C=O) groups is 2. The number of piperazine rings is 1. The van der Waals surface area contributed by atoms with Gasteiger partial charge in [-0.3, -0.25) is 14.5 Å². The van der Waals surface area contributed by atoms with Crippen LogP contribution >= 0.6 is 24.8 Å². The summed E-state index contributed by atoms with van der Waals surface area (Å²) in [6.07, 6.45) is 12.7. The van der Waals surface area contributed by atoms with Crippen LogP contribution in [0, 0.1) is 34.5 Å². The van der Waals surface area contributed by atoms with Gasteiger partial charge in [0.25, 0.3) is 0 Å². The van der Waals surface area contributed by atoms with Crippen LogP contribution < -0.4 is 14.7 Å². The fourth-order valence-corrected chi connectivity index (χ4v) is 10.4. The summed E-state index contributed by atoms with van der Waals surface area (Å²) in [5, 5.41) is 0. The molecule has 7 nitrogen and oxygen atoms in total. The largest absolute Gasteiger partial charge is 0.369 e. The van der Waals surface area contributed by atoms with Gasteiger partial charge in [0.15, 0.2) is 11.6 Å². The number of aromatic nitrogens is 1. The number of rotatable bonds is 10. The molecule has 0 aromatic carbocycles. The van der Waals surface area contributed by atoms with Crippen LogP contribution in [0.3, 0.4) is 0 Å². The van der Waals surface area contributed by atoms with Gasteiger partial charge in [-0.15, -0.1) is 24.8 Å². The number of hydrogen-bond acceptors (Lipinski definition) is 7. The predicted molar refractivity (Wildman–Crippen MR) is 200 cm³/mol. The summed E-state index contributed by atoms with van der Waals surface area (Å²) >= 11 is 0. The second-order valence-corrected chi connectivity index (χ2v) is 14.9. The lowest BCUT2D eigenvalue weighted by molar-refractivity contribution is -0.130. The van der Waals surface area contributed by atoms with Crippen molar-refractivity contribution >= 4 is 53.7 Å². The van der Waals surface area contributed by atoms with Crippen molar-refractivity contribution in [3.63, 3.8) is 0 Å². The number of halogens is 2. The van der Waals surface area contributed by atoms with E-state index >= 15 is 0 Å². The maximum atomic E-state index is 14.0. The molecule has 4 aliphatic carbocycles. The van der Waals surface area contributed by atoms with E-state index in [9.17, 15) is 9.59 Å². The Kier molecular flexibility index (Phi) is 12.2. The molecular formula is C38H59Cl2N5O2. The van der Waals surface area contributed by atoms with Crippen LogP contribution in [0.4, 0.5) is 17.3 Å². The molecule has 1 aromatic heterocycles. The molecule has 0 bridgehead atoms. The first kappa shape index (κ1) is 37.7. The molecule has 4 fully saturated rings. The molecule has 6 rings (SSSR count). The molecule has 0 radical (unpaired) electrons. The highest BCUT2D eigenvalue weighted by Gasteiger charge is 2.59. The number of anilines is 3. The topological polar surface area (TPSA) is 60.0 Å².